The summed E-state index contributed by atoms with van der Waals surface area (Å²) in [5.41, 5.74) is 7.22. The van der Waals surface area contributed by atoms with Crippen molar-refractivity contribution in [3.8, 4) is 0 Å². The van der Waals surface area contributed by atoms with Gasteiger partial charge < -0.3 is 0 Å². The van der Waals surface area contributed by atoms with Gasteiger partial charge in [-0.2, -0.15) is 0 Å². The monoisotopic (exact) mass is 401 g/mol. The van der Waals surface area contributed by atoms with Crippen molar-refractivity contribution in [1.82, 2.24) is 4.98 Å². The molecule has 2 heteroatoms. The zero-order chi connectivity index (χ0) is 19.4. The predicted molar refractivity (Wildman–Crippen MR) is 131 cm³/mol. The maximum Gasteiger partial charge on any atom is 0.0953 e. The van der Waals surface area contributed by atoms with E-state index in [9.17, 15) is 0 Å². The standard InChI is InChI=1S/C15H20.C9H15NS.2CH4/c1-10(2)12-5-6-13-8-14(11(3)4)9-15(13)7-12;1-6(2)8-5-11-9(10-8)7(3)4;;/h5-7,9-11H,8H2,1-4H3;5-7H,1-4H3;2*1H4. The lowest BCUT2D eigenvalue weighted by Gasteiger charge is -2.07. The molecule has 0 radical (unpaired) electrons. The van der Waals surface area contributed by atoms with Gasteiger partial charge in [0.1, 0.15) is 0 Å². The van der Waals surface area contributed by atoms with E-state index in [2.05, 4.69) is 90.0 Å². The summed E-state index contributed by atoms with van der Waals surface area (Å²) in [7, 11) is 0. The third kappa shape index (κ3) is 6.88. The summed E-state index contributed by atoms with van der Waals surface area (Å²) in [4.78, 5) is 4.53. The van der Waals surface area contributed by atoms with Crippen LogP contribution >= 0.6 is 11.3 Å². The average Bonchev–Trinajstić information content (AvgIpc) is 3.21. The first kappa shape index (κ1) is 26.6. The Morgan fingerprint density at radius 2 is 1.46 bits per heavy atom. The van der Waals surface area contributed by atoms with Crippen molar-refractivity contribution in [2.24, 2.45) is 5.92 Å². The lowest BCUT2D eigenvalue weighted by atomic mass is 9.98. The molecule has 0 atom stereocenters. The minimum Gasteiger partial charge on any atom is -0.246 e. The van der Waals surface area contributed by atoms with E-state index in [1.54, 1.807) is 16.9 Å². The van der Waals surface area contributed by atoms with Crippen molar-refractivity contribution in [2.75, 3.05) is 0 Å². The van der Waals surface area contributed by atoms with Crippen LogP contribution in [0, 0.1) is 5.92 Å². The van der Waals surface area contributed by atoms with Gasteiger partial charge in [0.15, 0.2) is 0 Å². The molecule has 28 heavy (non-hydrogen) atoms. The number of benzene rings is 1. The van der Waals surface area contributed by atoms with E-state index < -0.39 is 0 Å². The van der Waals surface area contributed by atoms with Gasteiger partial charge in [0.05, 0.1) is 10.7 Å². The summed E-state index contributed by atoms with van der Waals surface area (Å²) in [6, 6.07) is 6.94. The summed E-state index contributed by atoms with van der Waals surface area (Å²) < 4.78 is 0. The van der Waals surface area contributed by atoms with E-state index in [0.717, 1.165) is 6.42 Å². The molecule has 0 bridgehead atoms. The van der Waals surface area contributed by atoms with Gasteiger partial charge >= 0.3 is 0 Å². The Morgan fingerprint density at radius 3 is 1.89 bits per heavy atom. The van der Waals surface area contributed by atoms with E-state index in [4.69, 9.17) is 0 Å². The van der Waals surface area contributed by atoms with Crippen LogP contribution in [0.1, 0.15) is 115 Å². The van der Waals surface area contributed by atoms with Crippen LogP contribution in [0.4, 0.5) is 0 Å². The number of rotatable bonds is 4. The second kappa shape index (κ2) is 11.6. The lowest BCUT2D eigenvalue weighted by molar-refractivity contribution is 0.754. The second-order valence-electron chi connectivity index (χ2n) is 8.58. The van der Waals surface area contributed by atoms with Crippen LogP contribution in [-0.2, 0) is 6.42 Å². The topological polar surface area (TPSA) is 12.9 Å². The van der Waals surface area contributed by atoms with Gasteiger partial charge in [-0.1, -0.05) is 100 Å². The fourth-order valence-corrected chi connectivity index (χ4v) is 3.94. The Balaban J connectivity index is 0.000000507. The quantitative estimate of drug-likeness (QED) is 0.498. The number of thiazole rings is 1. The highest BCUT2D eigenvalue weighted by molar-refractivity contribution is 7.09. The molecule has 158 valence electrons. The maximum atomic E-state index is 4.53. The molecule has 0 amide bonds. The van der Waals surface area contributed by atoms with Crippen LogP contribution in [0.5, 0.6) is 0 Å². The average molecular weight is 402 g/mol. The van der Waals surface area contributed by atoms with Gasteiger partial charge in [0, 0.05) is 11.3 Å². The van der Waals surface area contributed by atoms with Crippen LogP contribution in [0.25, 0.3) is 6.08 Å². The summed E-state index contributed by atoms with van der Waals surface area (Å²) in [6.45, 7) is 17.8. The van der Waals surface area contributed by atoms with E-state index in [1.165, 1.54) is 27.4 Å². The molecule has 1 aliphatic rings. The van der Waals surface area contributed by atoms with Crippen molar-refractivity contribution in [1.29, 1.82) is 0 Å². The van der Waals surface area contributed by atoms with E-state index >= 15 is 0 Å². The summed E-state index contributed by atoms with van der Waals surface area (Å²) in [5.74, 6) is 2.46. The SMILES string of the molecule is C.C.CC(C)C1=Cc2cc(C(C)C)ccc2C1.CC(C)c1csc(C(C)C)n1. The molecule has 0 saturated heterocycles. The highest BCUT2D eigenvalue weighted by Crippen LogP contribution is 2.31. The molecule has 1 aromatic heterocycles. The third-order valence-corrected chi connectivity index (χ3v) is 6.10. The third-order valence-electron chi connectivity index (χ3n) is 4.94. The molecule has 1 aliphatic carbocycles. The predicted octanol–water partition coefficient (Wildman–Crippen LogP) is 9.07. The normalized spacial score (nSPS) is 12.4. The summed E-state index contributed by atoms with van der Waals surface area (Å²) in [6.07, 6.45) is 3.54. The molecular weight excluding hydrogens is 358 g/mol. The molecule has 1 aromatic carbocycles. The number of aromatic nitrogens is 1. The van der Waals surface area contributed by atoms with Gasteiger partial charge in [-0.05, 0) is 40.9 Å². The van der Waals surface area contributed by atoms with Gasteiger partial charge in [-0.15, -0.1) is 11.3 Å². The fourth-order valence-electron chi connectivity index (χ4n) is 2.94. The molecule has 1 nitrogen and oxygen atoms in total. The molecule has 0 spiro atoms. The molecule has 3 rings (SSSR count). The van der Waals surface area contributed by atoms with Gasteiger partial charge in [-0.25, -0.2) is 4.98 Å². The van der Waals surface area contributed by atoms with Crippen LogP contribution in [0.3, 0.4) is 0 Å². The molecular formula is C26H43NS. The molecule has 0 N–H and O–H groups in total. The largest absolute Gasteiger partial charge is 0.246 e. The molecule has 1 heterocycles. The molecule has 2 aromatic rings. The number of nitrogens with zero attached hydrogens (tertiary/aromatic N) is 1. The lowest BCUT2D eigenvalue weighted by Crippen LogP contribution is -1.93. The number of hydrogen-bond acceptors (Lipinski definition) is 2. The molecule has 0 saturated carbocycles. The van der Waals surface area contributed by atoms with Gasteiger partial charge in [0.2, 0.25) is 0 Å². The molecule has 0 aliphatic heterocycles. The van der Waals surface area contributed by atoms with Crippen molar-refractivity contribution in [3.63, 3.8) is 0 Å². The first-order valence-corrected chi connectivity index (χ1v) is 10.9. The fraction of sp³-hybridized carbons (Fsp3) is 0.577. The minimum atomic E-state index is 0. The molecule has 0 fully saturated rings. The maximum absolute atomic E-state index is 4.53. The summed E-state index contributed by atoms with van der Waals surface area (Å²) in [5, 5.41) is 3.42. The minimum absolute atomic E-state index is 0. The zero-order valence-electron chi connectivity index (χ0n) is 17.8. The first-order chi connectivity index (χ1) is 12.2. The Kier molecular flexibility index (Phi) is 11.0. The highest BCUT2D eigenvalue weighted by Gasteiger charge is 2.15. The number of allylic oxidation sites excluding steroid dienone is 1. The van der Waals surface area contributed by atoms with Crippen molar-refractivity contribution in [2.45, 2.75) is 94.4 Å². The first-order valence-electron chi connectivity index (χ1n) is 9.97. The Morgan fingerprint density at radius 1 is 0.821 bits per heavy atom. The smallest absolute Gasteiger partial charge is 0.0953 e. The van der Waals surface area contributed by atoms with E-state index in [1.807, 2.05) is 0 Å². The van der Waals surface area contributed by atoms with Crippen molar-refractivity contribution < 1.29 is 0 Å². The van der Waals surface area contributed by atoms with Crippen LogP contribution < -0.4 is 0 Å². The Bertz CT molecular complexity index is 725. The van der Waals surface area contributed by atoms with Gasteiger partial charge in [-0.3, -0.25) is 0 Å². The van der Waals surface area contributed by atoms with E-state index in [-0.39, 0.29) is 14.9 Å². The second-order valence-corrected chi connectivity index (χ2v) is 9.47. The Hall–Kier alpha value is -1.41. The summed E-state index contributed by atoms with van der Waals surface area (Å²) >= 11 is 1.77. The van der Waals surface area contributed by atoms with Crippen LogP contribution in [-0.4, -0.2) is 4.98 Å². The molecule has 0 unspecified atom stereocenters. The number of fused-ring (bicyclic) bond motifs is 1. The highest BCUT2D eigenvalue weighted by atomic mass is 32.1. The zero-order valence-corrected chi connectivity index (χ0v) is 18.6. The van der Waals surface area contributed by atoms with Crippen LogP contribution in [0.15, 0.2) is 29.2 Å². The van der Waals surface area contributed by atoms with E-state index in [0.29, 0.717) is 23.7 Å². The van der Waals surface area contributed by atoms with Crippen LogP contribution in [0.2, 0.25) is 0 Å². The van der Waals surface area contributed by atoms with Crippen molar-refractivity contribution in [3.05, 3.63) is 56.5 Å². The van der Waals surface area contributed by atoms with Crippen molar-refractivity contribution >= 4 is 17.4 Å². The Labute approximate surface area is 179 Å². The van der Waals surface area contributed by atoms with Gasteiger partial charge in [0.25, 0.3) is 0 Å². The number of hydrogen-bond donors (Lipinski definition) is 0.